The molecule has 176 valence electrons. The number of aliphatic hydroxyl groups is 2. The van der Waals surface area contributed by atoms with Gasteiger partial charge in [-0.3, -0.25) is 4.98 Å². The van der Waals surface area contributed by atoms with Crippen molar-refractivity contribution in [3.63, 3.8) is 0 Å². The number of hydrogen-bond donors (Lipinski definition) is 2. The van der Waals surface area contributed by atoms with Gasteiger partial charge in [0.25, 0.3) is 0 Å². The fourth-order valence-corrected chi connectivity index (χ4v) is 4.12. The number of aromatic nitrogens is 5. The van der Waals surface area contributed by atoms with Crippen molar-refractivity contribution in [2.45, 2.75) is 32.2 Å². The Balaban J connectivity index is 1.37. The summed E-state index contributed by atoms with van der Waals surface area (Å²) in [7, 11) is 0. The maximum Gasteiger partial charge on any atom is 0.189 e. The molecule has 8 nitrogen and oxygen atoms in total. The maximum atomic E-state index is 10.8. The Morgan fingerprint density at radius 3 is 2.49 bits per heavy atom. The molecule has 1 atom stereocenters. The summed E-state index contributed by atoms with van der Waals surface area (Å²) < 4.78 is 7.51. The average molecular weight is 468 g/mol. The highest BCUT2D eigenvalue weighted by atomic mass is 16.6. The maximum absolute atomic E-state index is 10.8. The second kappa shape index (κ2) is 9.61. The fraction of sp³-hybridized carbons (Fsp3) is 0.185. The van der Waals surface area contributed by atoms with Crippen LogP contribution in [0.25, 0.3) is 28.2 Å². The van der Waals surface area contributed by atoms with Gasteiger partial charge in [-0.05, 0) is 63.4 Å². The second-order valence-electron chi connectivity index (χ2n) is 8.35. The Bertz CT molecular complexity index is 1380. The van der Waals surface area contributed by atoms with Gasteiger partial charge in [0.15, 0.2) is 11.6 Å². The fourth-order valence-electron chi connectivity index (χ4n) is 4.12. The van der Waals surface area contributed by atoms with Crippen LogP contribution in [0.2, 0.25) is 0 Å². The summed E-state index contributed by atoms with van der Waals surface area (Å²) >= 11 is 0. The van der Waals surface area contributed by atoms with Crippen molar-refractivity contribution in [1.82, 2.24) is 25.2 Å². The SMILES string of the molecule is CCC1=C(O)C=CC(O)(OCc2ccc(-c3ccccc3-c3nnnn3-c3ccncc3)cc2)C1. The third-order valence-electron chi connectivity index (χ3n) is 6.06. The molecule has 0 amide bonds. The molecule has 0 radical (unpaired) electrons. The van der Waals surface area contributed by atoms with Crippen molar-refractivity contribution in [1.29, 1.82) is 0 Å². The van der Waals surface area contributed by atoms with Crippen LogP contribution in [0.1, 0.15) is 25.3 Å². The molecule has 35 heavy (non-hydrogen) atoms. The van der Waals surface area contributed by atoms with Gasteiger partial charge in [-0.2, -0.15) is 4.68 Å². The zero-order chi connectivity index (χ0) is 24.3. The molecule has 2 aromatic carbocycles. The van der Waals surface area contributed by atoms with Crippen molar-refractivity contribution < 1.29 is 14.9 Å². The lowest BCUT2D eigenvalue weighted by Crippen LogP contribution is -2.32. The molecule has 1 aliphatic carbocycles. The van der Waals surface area contributed by atoms with Crippen molar-refractivity contribution in [2.75, 3.05) is 0 Å². The van der Waals surface area contributed by atoms with Crippen molar-refractivity contribution in [3.05, 3.63) is 102 Å². The molecule has 0 spiro atoms. The molecule has 0 saturated heterocycles. The van der Waals surface area contributed by atoms with E-state index in [0.717, 1.165) is 33.5 Å². The number of aliphatic hydroxyl groups excluding tert-OH is 1. The molecule has 0 bridgehead atoms. The normalized spacial score (nSPS) is 17.7. The first-order chi connectivity index (χ1) is 17.1. The number of hydrogen-bond acceptors (Lipinski definition) is 7. The largest absolute Gasteiger partial charge is 0.508 e. The lowest BCUT2D eigenvalue weighted by molar-refractivity contribution is -0.175. The van der Waals surface area contributed by atoms with Gasteiger partial charge in [0.1, 0.15) is 5.76 Å². The predicted molar refractivity (Wildman–Crippen MR) is 131 cm³/mol. The molecule has 1 unspecified atom stereocenters. The summed E-state index contributed by atoms with van der Waals surface area (Å²) in [5.74, 6) is -0.584. The highest BCUT2D eigenvalue weighted by molar-refractivity contribution is 5.81. The third kappa shape index (κ3) is 4.75. The number of pyridine rings is 1. The van der Waals surface area contributed by atoms with E-state index in [2.05, 4.69) is 20.5 Å². The standard InChI is InChI=1S/C27H25N5O3/c1-2-20-17-27(34,14-11-25(20)33)35-18-19-7-9-21(10-8-19)23-5-3-4-6-24(23)26-29-30-31-32(26)22-12-15-28-16-13-22/h3-16,33-34H,2,17-18H2,1H3. The van der Waals surface area contributed by atoms with E-state index in [1.807, 2.05) is 67.6 Å². The predicted octanol–water partition coefficient (Wildman–Crippen LogP) is 4.78. The molecule has 2 heterocycles. The minimum atomic E-state index is -1.42. The molecule has 0 saturated carbocycles. The lowest BCUT2D eigenvalue weighted by atomic mass is 9.96. The number of allylic oxidation sites excluding steroid dienone is 1. The van der Waals surface area contributed by atoms with E-state index >= 15 is 0 Å². The van der Waals surface area contributed by atoms with Crippen LogP contribution in [0.4, 0.5) is 0 Å². The van der Waals surface area contributed by atoms with Crippen LogP contribution in [0.3, 0.4) is 0 Å². The van der Waals surface area contributed by atoms with Crippen LogP contribution < -0.4 is 0 Å². The number of tetrazole rings is 1. The Kier molecular flexibility index (Phi) is 6.22. The quantitative estimate of drug-likeness (QED) is 0.377. The molecule has 0 aliphatic heterocycles. The monoisotopic (exact) mass is 467 g/mol. The second-order valence-corrected chi connectivity index (χ2v) is 8.35. The Morgan fingerprint density at radius 1 is 1.00 bits per heavy atom. The van der Waals surface area contributed by atoms with Crippen molar-refractivity contribution in [2.24, 2.45) is 0 Å². The Hall–Kier alpha value is -4.14. The zero-order valence-electron chi connectivity index (χ0n) is 19.2. The number of ether oxygens (including phenoxy) is 1. The molecular formula is C27H25N5O3. The molecule has 5 rings (SSSR count). The van der Waals surface area contributed by atoms with Crippen LogP contribution in [0, 0.1) is 0 Å². The van der Waals surface area contributed by atoms with Crippen molar-refractivity contribution >= 4 is 0 Å². The molecular weight excluding hydrogens is 442 g/mol. The minimum Gasteiger partial charge on any atom is -0.508 e. The van der Waals surface area contributed by atoms with Crippen LogP contribution in [0.5, 0.6) is 0 Å². The highest BCUT2D eigenvalue weighted by Gasteiger charge is 2.30. The van der Waals surface area contributed by atoms with Crippen molar-refractivity contribution in [3.8, 4) is 28.2 Å². The van der Waals surface area contributed by atoms with Crippen LogP contribution in [0.15, 0.2) is 96.5 Å². The van der Waals surface area contributed by atoms with Gasteiger partial charge in [-0.1, -0.05) is 55.5 Å². The molecule has 2 N–H and O–H groups in total. The zero-order valence-corrected chi connectivity index (χ0v) is 19.2. The molecule has 0 fully saturated rings. The number of benzene rings is 2. The molecule has 2 aromatic heterocycles. The van der Waals surface area contributed by atoms with Gasteiger partial charge in [0.05, 0.1) is 12.3 Å². The first-order valence-corrected chi connectivity index (χ1v) is 11.4. The molecule has 1 aliphatic rings. The Morgan fingerprint density at radius 2 is 1.74 bits per heavy atom. The van der Waals surface area contributed by atoms with Gasteiger partial charge >= 0.3 is 0 Å². The lowest BCUT2D eigenvalue weighted by Gasteiger charge is -2.29. The van der Waals surface area contributed by atoms with E-state index in [1.165, 1.54) is 12.2 Å². The minimum absolute atomic E-state index is 0.207. The summed E-state index contributed by atoms with van der Waals surface area (Å²) in [4.78, 5) is 4.07. The first kappa shape index (κ1) is 22.6. The summed E-state index contributed by atoms with van der Waals surface area (Å²) in [6, 6.07) is 19.7. The van der Waals surface area contributed by atoms with Gasteiger partial charge in [0.2, 0.25) is 0 Å². The third-order valence-corrected chi connectivity index (χ3v) is 6.06. The summed E-state index contributed by atoms with van der Waals surface area (Å²) in [5.41, 5.74) is 5.42. The van der Waals surface area contributed by atoms with Gasteiger partial charge in [0, 0.05) is 24.4 Å². The van der Waals surface area contributed by atoms with E-state index < -0.39 is 5.79 Å². The highest BCUT2D eigenvalue weighted by Crippen LogP contribution is 2.33. The van der Waals surface area contributed by atoms with E-state index in [4.69, 9.17) is 4.74 Å². The average Bonchev–Trinajstić information content (AvgIpc) is 3.40. The van der Waals surface area contributed by atoms with E-state index in [0.29, 0.717) is 12.2 Å². The molecule has 8 heteroatoms. The summed E-state index contributed by atoms with van der Waals surface area (Å²) in [6.45, 7) is 2.18. The van der Waals surface area contributed by atoms with E-state index in [-0.39, 0.29) is 18.8 Å². The summed E-state index contributed by atoms with van der Waals surface area (Å²) in [6.07, 6.45) is 7.31. The van der Waals surface area contributed by atoms with Gasteiger partial charge in [-0.15, -0.1) is 5.10 Å². The first-order valence-electron chi connectivity index (χ1n) is 11.4. The number of nitrogens with zero attached hydrogens (tertiary/aromatic N) is 5. The van der Waals surface area contributed by atoms with Gasteiger partial charge < -0.3 is 14.9 Å². The van der Waals surface area contributed by atoms with Crippen LogP contribution >= 0.6 is 0 Å². The topological polar surface area (TPSA) is 106 Å². The summed E-state index contributed by atoms with van der Waals surface area (Å²) in [5, 5.41) is 33.0. The molecule has 4 aromatic rings. The van der Waals surface area contributed by atoms with Crippen LogP contribution in [-0.4, -0.2) is 41.2 Å². The van der Waals surface area contributed by atoms with Crippen LogP contribution in [-0.2, 0) is 11.3 Å². The van der Waals surface area contributed by atoms with Gasteiger partial charge in [-0.25, -0.2) is 0 Å². The van der Waals surface area contributed by atoms with E-state index in [9.17, 15) is 10.2 Å². The number of rotatable bonds is 7. The van der Waals surface area contributed by atoms with E-state index in [1.54, 1.807) is 17.1 Å². The smallest absolute Gasteiger partial charge is 0.189 e. The Labute approximate surface area is 202 Å².